The molecule has 0 saturated carbocycles. The highest BCUT2D eigenvalue weighted by Crippen LogP contribution is 2.41. The standard InChI is InChI=1S/C21H14ClNO/c22-18-14-8-7-13-17(18)20-19(15-9-3-1-4-10-15)21(24-23-20)16-11-5-2-6-12-16/h1-14H. The van der Waals surface area contributed by atoms with E-state index in [0.29, 0.717) is 5.02 Å². The van der Waals surface area contributed by atoms with Crippen LogP contribution < -0.4 is 0 Å². The van der Waals surface area contributed by atoms with Crippen molar-refractivity contribution in [2.75, 3.05) is 0 Å². The average molecular weight is 332 g/mol. The third kappa shape index (κ3) is 2.61. The summed E-state index contributed by atoms with van der Waals surface area (Å²) in [6.07, 6.45) is 0. The maximum atomic E-state index is 6.39. The Bertz CT molecular complexity index is 962. The van der Waals surface area contributed by atoms with Crippen LogP contribution in [0, 0.1) is 0 Å². The van der Waals surface area contributed by atoms with Crippen molar-refractivity contribution < 1.29 is 4.52 Å². The second-order valence-corrected chi connectivity index (χ2v) is 5.85. The van der Waals surface area contributed by atoms with Gasteiger partial charge >= 0.3 is 0 Å². The van der Waals surface area contributed by atoms with Crippen molar-refractivity contribution in [1.82, 2.24) is 5.16 Å². The molecule has 0 radical (unpaired) electrons. The van der Waals surface area contributed by atoms with Gasteiger partial charge in [-0.05, 0) is 11.6 Å². The summed E-state index contributed by atoms with van der Waals surface area (Å²) in [5, 5.41) is 5.00. The molecule has 0 N–H and O–H groups in total. The van der Waals surface area contributed by atoms with Crippen molar-refractivity contribution in [3.63, 3.8) is 0 Å². The molecule has 0 aliphatic carbocycles. The van der Waals surface area contributed by atoms with Gasteiger partial charge in [0.05, 0.1) is 10.6 Å². The Morgan fingerprint density at radius 1 is 0.667 bits per heavy atom. The topological polar surface area (TPSA) is 26.0 Å². The molecule has 0 amide bonds. The minimum absolute atomic E-state index is 0.655. The Hall–Kier alpha value is -2.84. The number of hydrogen-bond donors (Lipinski definition) is 0. The largest absolute Gasteiger partial charge is 0.355 e. The minimum atomic E-state index is 0.655. The number of halogens is 1. The predicted molar refractivity (Wildman–Crippen MR) is 97.8 cm³/mol. The molecule has 0 atom stereocenters. The van der Waals surface area contributed by atoms with Crippen LogP contribution in [0.15, 0.2) is 89.5 Å². The Morgan fingerprint density at radius 2 is 1.25 bits per heavy atom. The van der Waals surface area contributed by atoms with Gasteiger partial charge in [-0.1, -0.05) is 95.6 Å². The normalized spacial score (nSPS) is 10.7. The first-order valence-corrected chi connectivity index (χ1v) is 8.08. The van der Waals surface area contributed by atoms with Gasteiger partial charge in [0.25, 0.3) is 0 Å². The number of nitrogens with zero attached hydrogens (tertiary/aromatic N) is 1. The highest BCUT2D eigenvalue weighted by molar-refractivity contribution is 6.33. The van der Waals surface area contributed by atoms with Gasteiger partial charge in [0.15, 0.2) is 5.76 Å². The van der Waals surface area contributed by atoms with E-state index < -0.39 is 0 Å². The molecule has 0 saturated heterocycles. The quantitative estimate of drug-likeness (QED) is 0.438. The highest BCUT2D eigenvalue weighted by atomic mass is 35.5. The summed E-state index contributed by atoms with van der Waals surface area (Å²) in [4.78, 5) is 0. The number of hydrogen-bond acceptors (Lipinski definition) is 2. The van der Waals surface area contributed by atoms with Gasteiger partial charge in [-0.25, -0.2) is 0 Å². The zero-order chi connectivity index (χ0) is 16.4. The van der Waals surface area contributed by atoms with E-state index in [1.54, 1.807) is 0 Å². The molecular formula is C21H14ClNO. The smallest absolute Gasteiger partial charge is 0.175 e. The van der Waals surface area contributed by atoms with Gasteiger partial charge in [-0.3, -0.25) is 0 Å². The summed E-state index contributed by atoms with van der Waals surface area (Å²) >= 11 is 6.39. The number of benzene rings is 3. The maximum absolute atomic E-state index is 6.39. The van der Waals surface area contributed by atoms with E-state index in [1.165, 1.54) is 0 Å². The summed E-state index contributed by atoms with van der Waals surface area (Å²) in [6.45, 7) is 0. The van der Waals surface area contributed by atoms with E-state index in [1.807, 2.05) is 72.8 Å². The SMILES string of the molecule is Clc1ccccc1-c1noc(-c2ccccc2)c1-c1ccccc1. The van der Waals surface area contributed by atoms with E-state index in [0.717, 1.165) is 33.7 Å². The van der Waals surface area contributed by atoms with E-state index >= 15 is 0 Å². The molecule has 4 aromatic rings. The van der Waals surface area contributed by atoms with Crippen LogP contribution in [-0.2, 0) is 0 Å². The van der Waals surface area contributed by atoms with Crippen molar-refractivity contribution in [2.24, 2.45) is 0 Å². The van der Waals surface area contributed by atoms with Crippen LogP contribution in [0.25, 0.3) is 33.7 Å². The number of aromatic nitrogens is 1. The summed E-state index contributed by atoms with van der Waals surface area (Å²) in [7, 11) is 0. The Labute approximate surface area is 145 Å². The zero-order valence-corrected chi connectivity index (χ0v) is 13.6. The molecular weight excluding hydrogens is 318 g/mol. The maximum Gasteiger partial charge on any atom is 0.175 e. The van der Waals surface area contributed by atoms with Gasteiger partial charge in [0.1, 0.15) is 5.69 Å². The molecule has 0 aliphatic heterocycles. The molecule has 1 heterocycles. The monoisotopic (exact) mass is 331 g/mol. The Kier molecular flexibility index (Phi) is 3.89. The second kappa shape index (κ2) is 6.34. The van der Waals surface area contributed by atoms with Crippen LogP contribution in [0.5, 0.6) is 0 Å². The highest BCUT2D eigenvalue weighted by Gasteiger charge is 2.21. The van der Waals surface area contributed by atoms with Gasteiger partial charge in [0, 0.05) is 11.1 Å². The van der Waals surface area contributed by atoms with Crippen molar-refractivity contribution in [2.45, 2.75) is 0 Å². The van der Waals surface area contributed by atoms with Gasteiger partial charge in [-0.15, -0.1) is 0 Å². The second-order valence-electron chi connectivity index (χ2n) is 5.45. The first-order chi connectivity index (χ1) is 11.8. The Morgan fingerprint density at radius 3 is 1.92 bits per heavy atom. The van der Waals surface area contributed by atoms with Crippen LogP contribution >= 0.6 is 11.6 Å². The lowest BCUT2D eigenvalue weighted by molar-refractivity contribution is 0.435. The first-order valence-electron chi connectivity index (χ1n) is 7.70. The molecule has 1 aromatic heterocycles. The first kappa shape index (κ1) is 14.7. The third-order valence-corrected chi connectivity index (χ3v) is 4.25. The van der Waals surface area contributed by atoms with E-state index in [9.17, 15) is 0 Å². The van der Waals surface area contributed by atoms with Gasteiger partial charge in [-0.2, -0.15) is 0 Å². The summed E-state index contributed by atoms with van der Waals surface area (Å²) in [5.41, 5.74) is 4.61. The molecule has 0 bridgehead atoms. The molecule has 3 aromatic carbocycles. The summed E-state index contributed by atoms with van der Waals surface area (Å²) in [5.74, 6) is 0.747. The molecule has 116 valence electrons. The Balaban J connectivity index is 2.00. The van der Waals surface area contributed by atoms with Crippen molar-refractivity contribution in [1.29, 1.82) is 0 Å². The van der Waals surface area contributed by atoms with Crippen molar-refractivity contribution >= 4 is 11.6 Å². The van der Waals surface area contributed by atoms with E-state index in [-0.39, 0.29) is 0 Å². The summed E-state index contributed by atoms with van der Waals surface area (Å²) in [6, 6.07) is 27.8. The molecule has 4 rings (SSSR count). The van der Waals surface area contributed by atoms with Crippen LogP contribution in [0.1, 0.15) is 0 Å². The van der Waals surface area contributed by atoms with E-state index in [2.05, 4.69) is 17.3 Å². The van der Waals surface area contributed by atoms with Gasteiger partial charge in [0.2, 0.25) is 0 Å². The molecule has 0 aliphatic rings. The number of rotatable bonds is 3. The van der Waals surface area contributed by atoms with Gasteiger partial charge < -0.3 is 4.52 Å². The molecule has 0 unspecified atom stereocenters. The van der Waals surface area contributed by atoms with E-state index in [4.69, 9.17) is 16.1 Å². The average Bonchev–Trinajstić information content (AvgIpc) is 3.08. The third-order valence-electron chi connectivity index (χ3n) is 3.92. The van der Waals surface area contributed by atoms with Crippen LogP contribution in [0.2, 0.25) is 5.02 Å². The van der Waals surface area contributed by atoms with Crippen LogP contribution in [0.3, 0.4) is 0 Å². The fraction of sp³-hybridized carbons (Fsp3) is 0. The summed E-state index contributed by atoms with van der Waals surface area (Å²) < 4.78 is 5.74. The fourth-order valence-electron chi connectivity index (χ4n) is 2.79. The lowest BCUT2D eigenvalue weighted by atomic mass is 9.96. The molecule has 2 nitrogen and oxygen atoms in total. The van der Waals surface area contributed by atoms with Crippen molar-refractivity contribution in [3.8, 4) is 33.7 Å². The lowest BCUT2D eigenvalue weighted by Gasteiger charge is -2.06. The molecule has 0 spiro atoms. The molecule has 24 heavy (non-hydrogen) atoms. The van der Waals surface area contributed by atoms with Crippen molar-refractivity contribution in [3.05, 3.63) is 90.0 Å². The minimum Gasteiger partial charge on any atom is -0.355 e. The lowest BCUT2D eigenvalue weighted by Crippen LogP contribution is -1.85. The molecule has 3 heteroatoms. The van der Waals surface area contributed by atoms with Crippen LogP contribution in [0.4, 0.5) is 0 Å². The zero-order valence-electron chi connectivity index (χ0n) is 12.8. The molecule has 0 fully saturated rings. The fourth-order valence-corrected chi connectivity index (χ4v) is 3.01. The van der Waals surface area contributed by atoms with Crippen LogP contribution in [-0.4, -0.2) is 5.16 Å². The predicted octanol–water partition coefficient (Wildman–Crippen LogP) is 6.33.